The van der Waals surface area contributed by atoms with Crippen LogP contribution in [0.4, 0.5) is 0 Å². The van der Waals surface area contributed by atoms with Crippen molar-refractivity contribution in [3.63, 3.8) is 0 Å². The Hall–Kier alpha value is -1.43. The summed E-state index contributed by atoms with van der Waals surface area (Å²) in [7, 11) is 1.44. The van der Waals surface area contributed by atoms with Crippen molar-refractivity contribution in [3.8, 4) is 0 Å². The SMILES string of the molecule is CN1C(=O)CCC(NC(=O)C(CN)CC(C)(C)C)C1=O. The Morgan fingerprint density at radius 3 is 2.55 bits per heavy atom. The molecular weight excluding hydrogens is 258 g/mol. The zero-order valence-electron chi connectivity index (χ0n) is 12.7. The lowest BCUT2D eigenvalue weighted by Gasteiger charge is -2.30. The number of carbonyl (C=O) groups excluding carboxylic acids is 3. The van der Waals surface area contributed by atoms with Gasteiger partial charge in [0, 0.05) is 20.0 Å². The van der Waals surface area contributed by atoms with Crippen LogP contribution in [0.2, 0.25) is 0 Å². The molecule has 0 aromatic rings. The number of likely N-dealkylation sites (tertiary alicyclic amines) is 1. The summed E-state index contributed by atoms with van der Waals surface area (Å²) in [4.78, 5) is 36.6. The van der Waals surface area contributed by atoms with Crippen molar-refractivity contribution in [1.82, 2.24) is 10.2 Å². The van der Waals surface area contributed by atoms with Crippen molar-refractivity contribution in [2.75, 3.05) is 13.6 Å². The highest BCUT2D eigenvalue weighted by Crippen LogP contribution is 2.24. The van der Waals surface area contributed by atoms with Gasteiger partial charge in [0.1, 0.15) is 6.04 Å². The molecule has 0 aromatic carbocycles. The van der Waals surface area contributed by atoms with E-state index >= 15 is 0 Å². The molecule has 2 unspecified atom stereocenters. The van der Waals surface area contributed by atoms with Gasteiger partial charge in [-0.05, 0) is 18.3 Å². The van der Waals surface area contributed by atoms with Gasteiger partial charge in [0.2, 0.25) is 11.8 Å². The summed E-state index contributed by atoms with van der Waals surface area (Å²) in [5.74, 6) is -1.07. The van der Waals surface area contributed by atoms with Gasteiger partial charge in [-0.25, -0.2) is 0 Å². The van der Waals surface area contributed by atoms with E-state index in [9.17, 15) is 14.4 Å². The van der Waals surface area contributed by atoms with Gasteiger partial charge >= 0.3 is 0 Å². The molecule has 1 heterocycles. The second kappa shape index (κ2) is 6.35. The maximum Gasteiger partial charge on any atom is 0.251 e. The number of carbonyl (C=O) groups is 3. The predicted octanol–water partition coefficient (Wildman–Crippen LogP) is 0.261. The van der Waals surface area contributed by atoms with E-state index < -0.39 is 6.04 Å². The van der Waals surface area contributed by atoms with Gasteiger partial charge in [-0.2, -0.15) is 0 Å². The molecule has 3 amide bonds. The smallest absolute Gasteiger partial charge is 0.251 e. The number of rotatable bonds is 4. The standard InChI is InChI=1S/C14H25N3O3/c1-14(2,3)7-9(8-15)12(19)16-10-5-6-11(18)17(4)13(10)20/h9-10H,5-8,15H2,1-4H3,(H,16,19). The summed E-state index contributed by atoms with van der Waals surface area (Å²) < 4.78 is 0. The first-order valence-electron chi connectivity index (χ1n) is 6.96. The fourth-order valence-electron chi connectivity index (χ4n) is 2.36. The van der Waals surface area contributed by atoms with Gasteiger partial charge in [0.25, 0.3) is 5.91 Å². The van der Waals surface area contributed by atoms with Crippen molar-refractivity contribution in [2.45, 2.75) is 46.1 Å². The molecule has 20 heavy (non-hydrogen) atoms. The second-order valence-electron chi connectivity index (χ2n) is 6.59. The van der Waals surface area contributed by atoms with E-state index in [0.717, 1.165) is 4.90 Å². The number of nitrogens with two attached hydrogens (primary N) is 1. The van der Waals surface area contributed by atoms with Crippen LogP contribution in [0.15, 0.2) is 0 Å². The summed E-state index contributed by atoms with van der Waals surface area (Å²) in [5.41, 5.74) is 5.65. The average Bonchev–Trinajstić information content (AvgIpc) is 2.35. The Kier molecular flexibility index (Phi) is 5.28. The minimum Gasteiger partial charge on any atom is -0.344 e. The van der Waals surface area contributed by atoms with E-state index in [2.05, 4.69) is 5.32 Å². The zero-order valence-corrected chi connectivity index (χ0v) is 12.7. The molecule has 2 atom stereocenters. The molecule has 0 bridgehead atoms. The largest absolute Gasteiger partial charge is 0.344 e. The quantitative estimate of drug-likeness (QED) is 0.724. The zero-order chi connectivity index (χ0) is 15.5. The first kappa shape index (κ1) is 16.6. The van der Waals surface area contributed by atoms with Crippen molar-refractivity contribution in [3.05, 3.63) is 0 Å². The molecule has 1 aliphatic rings. The Morgan fingerprint density at radius 1 is 1.45 bits per heavy atom. The number of amides is 3. The van der Waals surface area contributed by atoms with Crippen LogP contribution >= 0.6 is 0 Å². The molecule has 1 rings (SSSR count). The van der Waals surface area contributed by atoms with Crippen LogP contribution in [0, 0.1) is 11.3 Å². The third-order valence-corrected chi connectivity index (χ3v) is 3.48. The molecule has 1 aliphatic heterocycles. The second-order valence-corrected chi connectivity index (χ2v) is 6.59. The van der Waals surface area contributed by atoms with Crippen LogP contribution in [0.1, 0.15) is 40.0 Å². The number of hydrogen-bond acceptors (Lipinski definition) is 4. The molecule has 0 aromatic heterocycles. The van der Waals surface area contributed by atoms with Crippen molar-refractivity contribution >= 4 is 17.7 Å². The van der Waals surface area contributed by atoms with Gasteiger partial charge in [0.05, 0.1) is 5.92 Å². The van der Waals surface area contributed by atoms with Crippen LogP contribution in [0.5, 0.6) is 0 Å². The summed E-state index contributed by atoms with van der Waals surface area (Å²) in [6.07, 6.45) is 1.30. The maximum atomic E-state index is 12.2. The minimum absolute atomic E-state index is 0.00922. The van der Waals surface area contributed by atoms with Crippen molar-refractivity contribution < 1.29 is 14.4 Å². The molecule has 6 heteroatoms. The van der Waals surface area contributed by atoms with Crippen LogP contribution in [0.25, 0.3) is 0 Å². The van der Waals surface area contributed by atoms with E-state index in [1.54, 1.807) is 0 Å². The fourth-order valence-corrected chi connectivity index (χ4v) is 2.36. The van der Waals surface area contributed by atoms with E-state index in [4.69, 9.17) is 5.73 Å². The number of hydrogen-bond donors (Lipinski definition) is 2. The van der Waals surface area contributed by atoms with Crippen LogP contribution in [-0.4, -0.2) is 42.3 Å². The molecule has 1 fully saturated rings. The lowest BCUT2D eigenvalue weighted by atomic mass is 9.84. The first-order chi connectivity index (χ1) is 9.15. The van der Waals surface area contributed by atoms with E-state index in [1.165, 1.54) is 7.05 Å². The Balaban J connectivity index is 2.65. The predicted molar refractivity (Wildman–Crippen MR) is 75.6 cm³/mol. The summed E-state index contributed by atoms with van der Waals surface area (Å²) in [6.45, 7) is 6.38. The van der Waals surface area contributed by atoms with Crippen LogP contribution in [-0.2, 0) is 14.4 Å². The summed E-state index contributed by atoms with van der Waals surface area (Å²) in [6, 6.07) is -0.612. The Labute approximate surface area is 120 Å². The number of nitrogens with zero attached hydrogens (tertiary/aromatic N) is 1. The molecule has 0 spiro atoms. The average molecular weight is 283 g/mol. The highest BCUT2D eigenvalue weighted by Gasteiger charge is 2.34. The van der Waals surface area contributed by atoms with Gasteiger partial charge < -0.3 is 11.1 Å². The maximum absolute atomic E-state index is 12.2. The Bertz CT molecular complexity index is 401. The third kappa shape index (κ3) is 4.30. The van der Waals surface area contributed by atoms with Crippen molar-refractivity contribution in [2.24, 2.45) is 17.1 Å². The number of imide groups is 1. The molecule has 6 nitrogen and oxygen atoms in total. The molecule has 3 N–H and O–H groups in total. The summed E-state index contributed by atoms with van der Waals surface area (Å²) >= 11 is 0. The van der Waals surface area contributed by atoms with Crippen molar-refractivity contribution in [1.29, 1.82) is 0 Å². The highest BCUT2D eigenvalue weighted by molar-refractivity contribution is 6.01. The highest BCUT2D eigenvalue weighted by atomic mass is 16.2. The lowest BCUT2D eigenvalue weighted by molar-refractivity contribution is -0.149. The molecule has 0 radical (unpaired) electrons. The molecule has 0 saturated carbocycles. The lowest BCUT2D eigenvalue weighted by Crippen LogP contribution is -2.54. The summed E-state index contributed by atoms with van der Waals surface area (Å²) in [5, 5.41) is 2.73. The number of likely N-dealkylation sites (N-methyl/N-ethyl adjacent to an activating group) is 1. The van der Waals surface area contributed by atoms with E-state index in [-0.39, 0.29) is 42.0 Å². The first-order valence-corrected chi connectivity index (χ1v) is 6.96. The topological polar surface area (TPSA) is 92.5 Å². The van der Waals surface area contributed by atoms with E-state index in [0.29, 0.717) is 12.8 Å². The molecule has 114 valence electrons. The normalized spacial score (nSPS) is 21.9. The fraction of sp³-hybridized carbons (Fsp3) is 0.786. The molecule has 0 aliphatic carbocycles. The number of nitrogens with one attached hydrogen (secondary N) is 1. The van der Waals surface area contributed by atoms with Gasteiger partial charge in [-0.1, -0.05) is 20.8 Å². The third-order valence-electron chi connectivity index (χ3n) is 3.48. The van der Waals surface area contributed by atoms with Crippen LogP contribution in [0.3, 0.4) is 0 Å². The molecular formula is C14H25N3O3. The van der Waals surface area contributed by atoms with Gasteiger partial charge in [-0.15, -0.1) is 0 Å². The van der Waals surface area contributed by atoms with Crippen LogP contribution < -0.4 is 11.1 Å². The minimum atomic E-state index is -0.612. The monoisotopic (exact) mass is 283 g/mol. The van der Waals surface area contributed by atoms with Gasteiger partial charge in [-0.3, -0.25) is 19.3 Å². The number of piperidine rings is 1. The molecule has 1 saturated heterocycles. The van der Waals surface area contributed by atoms with Gasteiger partial charge in [0.15, 0.2) is 0 Å². The Morgan fingerprint density at radius 2 is 2.05 bits per heavy atom. The van der Waals surface area contributed by atoms with E-state index in [1.807, 2.05) is 20.8 Å².